The monoisotopic (exact) mass is 331 g/mol. The predicted octanol–water partition coefficient (Wildman–Crippen LogP) is 1.73. The van der Waals surface area contributed by atoms with Crippen LogP contribution < -0.4 is 5.32 Å². The third-order valence-electron chi connectivity index (χ3n) is 4.40. The second-order valence-electron chi connectivity index (χ2n) is 6.00. The van der Waals surface area contributed by atoms with Crippen molar-refractivity contribution in [2.45, 2.75) is 31.9 Å². The lowest BCUT2D eigenvalue weighted by molar-refractivity contribution is -0.131. The minimum absolute atomic E-state index is 0.135. The van der Waals surface area contributed by atoms with Crippen LogP contribution in [-0.2, 0) is 16.1 Å². The van der Waals surface area contributed by atoms with Crippen molar-refractivity contribution in [3.8, 4) is 0 Å². The van der Waals surface area contributed by atoms with Gasteiger partial charge in [-0.2, -0.15) is 0 Å². The maximum atomic E-state index is 12.1. The van der Waals surface area contributed by atoms with Gasteiger partial charge in [-0.3, -0.25) is 9.69 Å². The summed E-state index contributed by atoms with van der Waals surface area (Å²) < 4.78 is 5.32. The summed E-state index contributed by atoms with van der Waals surface area (Å²) in [7, 11) is 0. The van der Waals surface area contributed by atoms with Gasteiger partial charge in [0, 0.05) is 32.1 Å². The van der Waals surface area contributed by atoms with Crippen LogP contribution >= 0.6 is 0 Å². The van der Waals surface area contributed by atoms with Crippen LogP contribution in [-0.4, -0.2) is 53.5 Å². The zero-order valence-corrected chi connectivity index (χ0v) is 13.4. The summed E-state index contributed by atoms with van der Waals surface area (Å²) in [6.45, 7) is 1.61. The molecule has 1 aromatic carbocycles. The number of carbonyl (C=O) groups excluding carboxylic acids is 3. The van der Waals surface area contributed by atoms with Crippen LogP contribution in [0.3, 0.4) is 0 Å². The van der Waals surface area contributed by atoms with Gasteiger partial charge >= 0.3 is 12.1 Å². The summed E-state index contributed by atoms with van der Waals surface area (Å²) in [5.74, 6) is -0.135. The average molecular weight is 331 g/mol. The maximum absolute atomic E-state index is 12.1. The molecule has 2 aliphatic rings. The quantitative estimate of drug-likeness (QED) is 0.915. The smallest absolute Gasteiger partial charge is 0.410 e. The molecular weight excluding hydrogens is 310 g/mol. The summed E-state index contributed by atoms with van der Waals surface area (Å²) in [4.78, 5) is 38.9. The molecule has 3 rings (SSSR count). The molecule has 0 saturated carbocycles. The van der Waals surface area contributed by atoms with Crippen LogP contribution in [0.4, 0.5) is 9.59 Å². The van der Waals surface area contributed by atoms with Crippen LogP contribution in [0.25, 0.3) is 0 Å². The first-order chi connectivity index (χ1) is 11.6. The number of likely N-dealkylation sites (tertiary alicyclic amines) is 1. The number of hydrogen-bond acceptors (Lipinski definition) is 4. The molecule has 1 aromatic rings. The SMILES string of the molecule is O=C(OCc1ccccc1)N1CCC(N2C(=O)CCNC2=O)CC1. The molecule has 2 heterocycles. The van der Waals surface area contributed by atoms with Gasteiger partial charge < -0.3 is 15.0 Å². The van der Waals surface area contributed by atoms with E-state index in [0.29, 0.717) is 38.9 Å². The number of imide groups is 1. The normalized spacial score (nSPS) is 19.2. The highest BCUT2D eigenvalue weighted by molar-refractivity contribution is 5.97. The van der Waals surface area contributed by atoms with Gasteiger partial charge in [0.2, 0.25) is 5.91 Å². The van der Waals surface area contributed by atoms with Crippen molar-refractivity contribution in [1.82, 2.24) is 15.1 Å². The Morgan fingerprint density at radius 2 is 1.88 bits per heavy atom. The van der Waals surface area contributed by atoms with Crippen molar-refractivity contribution in [3.05, 3.63) is 35.9 Å². The van der Waals surface area contributed by atoms with Crippen molar-refractivity contribution >= 4 is 18.0 Å². The molecule has 0 atom stereocenters. The third kappa shape index (κ3) is 3.67. The van der Waals surface area contributed by atoms with Crippen molar-refractivity contribution in [1.29, 1.82) is 0 Å². The van der Waals surface area contributed by atoms with Gasteiger partial charge in [-0.25, -0.2) is 9.59 Å². The van der Waals surface area contributed by atoms with Crippen molar-refractivity contribution in [2.24, 2.45) is 0 Å². The summed E-state index contributed by atoms with van der Waals surface area (Å²) >= 11 is 0. The number of rotatable bonds is 3. The number of benzene rings is 1. The van der Waals surface area contributed by atoms with Gasteiger partial charge in [0.05, 0.1) is 0 Å². The first-order valence-corrected chi connectivity index (χ1v) is 8.20. The van der Waals surface area contributed by atoms with Gasteiger partial charge in [-0.05, 0) is 18.4 Å². The molecule has 2 saturated heterocycles. The lowest BCUT2D eigenvalue weighted by Crippen LogP contribution is -2.57. The minimum Gasteiger partial charge on any atom is -0.445 e. The Morgan fingerprint density at radius 3 is 2.54 bits per heavy atom. The molecule has 1 N–H and O–H groups in total. The van der Waals surface area contributed by atoms with E-state index >= 15 is 0 Å². The highest BCUT2D eigenvalue weighted by atomic mass is 16.6. The molecular formula is C17H21N3O4. The Kier molecular flexibility index (Phi) is 4.98. The van der Waals surface area contributed by atoms with Crippen LogP contribution in [0.15, 0.2) is 30.3 Å². The molecule has 0 aromatic heterocycles. The van der Waals surface area contributed by atoms with Gasteiger partial charge in [0.25, 0.3) is 0 Å². The topological polar surface area (TPSA) is 79.0 Å². The molecule has 4 amide bonds. The summed E-state index contributed by atoms with van der Waals surface area (Å²) in [5.41, 5.74) is 0.941. The Labute approximate surface area is 140 Å². The first-order valence-electron chi connectivity index (χ1n) is 8.20. The number of nitrogens with one attached hydrogen (secondary N) is 1. The van der Waals surface area contributed by atoms with Gasteiger partial charge in [0.1, 0.15) is 6.61 Å². The Balaban J connectivity index is 1.48. The molecule has 0 unspecified atom stereocenters. The van der Waals surface area contributed by atoms with E-state index in [1.807, 2.05) is 30.3 Å². The molecule has 7 heteroatoms. The van der Waals surface area contributed by atoms with E-state index in [1.165, 1.54) is 4.90 Å². The lowest BCUT2D eigenvalue weighted by Gasteiger charge is -2.38. The van der Waals surface area contributed by atoms with E-state index in [2.05, 4.69) is 5.32 Å². The molecule has 24 heavy (non-hydrogen) atoms. The number of carbonyl (C=O) groups is 3. The summed E-state index contributed by atoms with van der Waals surface area (Å²) in [5, 5.41) is 2.69. The molecule has 0 bridgehead atoms. The highest BCUT2D eigenvalue weighted by Crippen LogP contribution is 2.20. The lowest BCUT2D eigenvalue weighted by atomic mass is 10.0. The number of hydrogen-bond donors (Lipinski definition) is 1. The largest absolute Gasteiger partial charge is 0.445 e. The van der Waals surface area contributed by atoms with E-state index in [9.17, 15) is 14.4 Å². The summed E-state index contributed by atoms with van der Waals surface area (Å²) in [6, 6.07) is 9.05. The number of ether oxygens (including phenoxy) is 1. The number of amides is 4. The van der Waals surface area contributed by atoms with Crippen LogP contribution in [0.5, 0.6) is 0 Å². The number of nitrogens with zero attached hydrogens (tertiary/aromatic N) is 2. The van der Waals surface area contributed by atoms with Gasteiger partial charge in [-0.15, -0.1) is 0 Å². The predicted molar refractivity (Wildman–Crippen MR) is 86.1 cm³/mol. The van der Waals surface area contributed by atoms with Crippen LogP contribution in [0, 0.1) is 0 Å². The fourth-order valence-corrected chi connectivity index (χ4v) is 3.08. The first kappa shape index (κ1) is 16.3. The zero-order valence-electron chi connectivity index (χ0n) is 13.4. The molecule has 0 aliphatic carbocycles. The fourth-order valence-electron chi connectivity index (χ4n) is 3.08. The van der Waals surface area contributed by atoms with E-state index < -0.39 is 0 Å². The third-order valence-corrected chi connectivity index (χ3v) is 4.40. The second-order valence-corrected chi connectivity index (χ2v) is 6.00. The Hall–Kier alpha value is -2.57. The summed E-state index contributed by atoms with van der Waals surface area (Å²) in [6.07, 6.45) is 1.15. The maximum Gasteiger partial charge on any atom is 0.410 e. The Bertz CT molecular complexity index is 596. The molecule has 128 valence electrons. The molecule has 2 aliphatic heterocycles. The molecule has 2 fully saturated rings. The van der Waals surface area contributed by atoms with Crippen molar-refractivity contribution in [2.75, 3.05) is 19.6 Å². The number of piperidine rings is 1. The van der Waals surface area contributed by atoms with E-state index in [-0.39, 0.29) is 30.7 Å². The fraction of sp³-hybridized carbons (Fsp3) is 0.471. The van der Waals surface area contributed by atoms with Crippen LogP contribution in [0.1, 0.15) is 24.8 Å². The Morgan fingerprint density at radius 1 is 1.17 bits per heavy atom. The van der Waals surface area contributed by atoms with Crippen molar-refractivity contribution in [3.63, 3.8) is 0 Å². The highest BCUT2D eigenvalue weighted by Gasteiger charge is 2.35. The zero-order chi connectivity index (χ0) is 16.9. The van der Waals surface area contributed by atoms with E-state index in [1.54, 1.807) is 4.90 Å². The standard InChI is InChI=1S/C17H21N3O4/c21-15-6-9-18-16(22)20(15)14-7-10-19(11-8-14)17(23)24-12-13-4-2-1-3-5-13/h1-5,14H,6-12H2,(H,18,22). The molecule has 0 spiro atoms. The minimum atomic E-state index is -0.355. The average Bonchev–Trinajstić information content (AvgIpc) is 2.61. The number of urea groups is 1. The van der Waals surface area contributed by atoms with Gasteiger partial charge in [0.15, 0.2) is 0 Å². The van der Waals surface area contributed by atoms with Gasteiger partial charge in [-0.1, -0.05) is 30.3 Å². The van der Waals surface area contributed by atoms with Crippen LogP contribution in [0.2, 0.25) is 0 Å². The molecule has 7 nitrogen and oxygen atoms in total. The second kappa shape index (κ2) is 7.33. The van der Waals surface area contributed by atoms with Crippen molar-refractivity contribution < 1.29 is 19.1 Å². The molecule has 0 radical (unpaired) electrons. The van der Waals surface area contributed by atoms with E-state index in [0.717, 1.165) is 5.56 Å². The van der Waals surface area contributed by atoms with E-state index in [4.69, 9.17) is 4.74 Å².